The molecule has 28 heavy (non-hydrogen) atoms. The van der Waals surface area contributed by atoms with Gasteiger partial charge in [0.1, 0.15) is 0 Å². The first-order valence-electron chi connectivity index (χ1n) is 9.19. The van der Waals surface area contributed by atoms with Gasteiger partial charge in [0, 0.05) is 37.6 Å². The highest BCUT2D eigenvalue weighted by Gasteiger charge is 2.37. The minimum Gasteiger partial charge on any atom is -0.385 e. The van der Waals surface area contributed by atoms with Crippen molar-refractivity contribution in [2.75, 3.05) is 45.2 Å². The fourth-order valence-corrected chi connectivity index (χ4v) is 5.14. The molecule has 1 aromatic rings. The lowest BCUT2D eigenvalue weighted by molar-refractivity contribution is -0.137. The second-order valence-electron chi connectivity index (χ2n) is 7.19. The molecule has 9 heteroatoms. The number of halogens is 3. The second-order valence-corrected chi connectivity index (χ2v) is 9.89. The van der Waals surface area contributed by atoms with Gasteiger partial charge in [-0.1, -0.05) is 33.7 Å². The molecule has 0 bridgehead atoms. The smallest absolute Gasteiger partial charge is 0.385 e. The van der Waals surface area contributed by atoms with Gasteiger partial charge in [0.2, 0.25) is 5.91 Å². The number of rotatable bonds is 8. The molecule has 0 unspecified atom stereocenters. The number of aliphatic hydroxyl groups is 1. The number of piperidine rings is 1. The van der Waals surface area contributed by atoms with Crippen LogP contribution in [0, 0.1) is 0 Å². The van der Waals surface area contributed by atoms with E-state index in [9.17, 15) is 23.1 Å². The van der Waals surface area contributed by atoms with Crippen LogP contribution in [-0.4, -0.2) is 66.0 Å². The third-order valence-corrected chi connectivity index (χ3v) is 7.16. The molecule has 2 rings (SSSR count). The molecule has 1 fully saturated rings. The van der Waals surface area contributed by atoms with Crippen molar-refractivity contribution in [2.24, 2.45) is 0 Å². The molecule has 1 heterocycles. The Bertz CT molecular complexity index is 648. The average molecular weight is 437 g/mol. The highest BCUT2D eigenvalue weighted by molar-refractivity contribution is 8.76. The van der Waals surface area contributed by atoms with E-state index in [2.05, 4.69) is 4.90 Å². The van der Waals surface area contributed by atoms with Crippen molar-refractivity contribution >= 4 is 27.5 Å². The van der Waals surface area contributed by atoms with Crippen LogP contribution < -0.4 is 0 Å². The SMILES string of the molecule is CN(C)CCSSCCC(=O)N1CCC(O)(c2cccc(C(F)(F)F)c2)CC1. The number of carbonyl (C=O) groups excluding carboxylic acids is 1. The van der Waals surface area contributed by atoms with Gasteiger partial charge in [-0.15, -0.1) is 0 Å². The lowest BCUT2D eigenvalue weighted by atomic mass is 9.83. The van der Waals surface area contributed by atoms with Crippen LogP contribution in [0.3, 0.4) is 0 Å². The Balaban J connectivity index is 1.81. The van der Waals surface area contributed by atoms with E-state index in [4.69, 9.17) is 0 Å². The maximum Gasteiger partial charge on any atom is 0.416 e. The second kappa shape index (κ2) is 10.2. The number of alkyl halides is 3. The minimum absolute atomic E-state index is 0.0341. The Labute approximate surface area is 172 Å². The molecular formula is C19H27F3N2O2S2. The number of likely N-dealkylation sites (tertiary alicyclic amines) is 1. The molecule has 0 radical (unpaired) electrons. The summed E-state index contributed by atoms with van der Waals surface area (Å²) in [5.74, 6) is 1.76. The van der Waals surface area contributed by atoms with Crippen molar-refractivity contribution in [2.45, 2.75) is 31.0 Å². The van der Waals surface area contributed by atoms with E-state index < -0.39 is 17.3 Å². The van der Waals surface area contributed by atoms with Crippen LogP contribution >= 0.6 is 21.6 Å². The van der Waals surface area contributed by atoms with Crippen LogP contribution in [0.4, 0.5) is 13.2 Å². The van der Waals surface area contributed by atoms with Crippen molar-refractivity contribution in [3.63, 3.8) is 0 Å². The lowest BCUT2D eigenvalue weighted by Gasteiger charge is -2.38. The molecule has 1 saturated heterocycles. The number of hydrogen-bond donors (Lipinski definition) is 1. The zero-order chi connectivity index (χ0) is 20.8. The molecule has 1 amide bonds. The summed E-state index contributed by atoms with van der Waals surface area (Å²) in [4.78, 5) is 16.1. The first-order chi connectivity index (χ1) is 13.1. The average Bonchev–Trinajstić information content (AvgIpc) is 2.64. The van der Waals surface area contributed by atoms with Crippen LogP contribution in [0.2, 0.25) is 0 Å². The van der Waals surface area contributed by atoms with Gasteiger partial charge < -0.3 is 14.9 Å². The Kier molecular flexibility index (Phi) is 8.54. The van der Waals surface area contributed by atoms with Crippen LogP contribution in [-0.2, 0) is 16.6 Å². The summed E-state index contributed by atoms with van der Waals surface area (Å²) >= 11 is 0. The van der Waals surface area contributed by atoms with Gasteiger partial charge in [0.05, 0.1) is 11.2 Å². The number of amides is 1. The standard InChI is InChI=1S/C19H27F3N2O2S2/c1-23(2)11-13-28-27-12-6-17(25)24-9-7-18(26,8-10-24)15-4-3-5-16(14-15)19(20,21)22/h3-5,14,26H,6-13H2,1-2H3. The van der Waals surface area contributed by atoms with Crippen LogP contribution in [0.5, 0.6) is 0 Å². The fourth-order valence-electron chi connectivity index (χ4n) is 3.02. The Morgan fingerprint density at radius 2 is 1.86 bits per heavy atom. The first kappa shape index (κ1) is 23.4. The predicted octanol–water partition coefficient (Wildman–Crippen LogP) is 3.85. The van der Waals surface area contributed by atoms with Gasteiger partial charge in [0.15, 0.2) is 0 Å². The van der Waals surface area contributed by atoms with E-state index in [-0.39, 0.29) is 24.3 Å². The van der Waals surface area contributed by atoms with Crippen molar-refractivity contribution in [3.8, 4) is 0 Å². The van der Waals surface area contributed by atoms with E-state index >= 15 is 0 Å². The molecule has 0 aliphatic carbocycles. The van der Waals surface area contributed by atoms with Gasteiger partial charge in [-0.25, -0.2) is 0 Å². The Morgan fingerprint density at radius 3 is 2.46 bits per heavy atom. The number of carbonyl (C=O) groups is 1. The summed E-state index contributed by atoms with van der Waals surface area (Å²) in [7, 11) is 7.46. The molecule has 0 spiro atoms. The van der Waals surface area contributed by atoms with Crippen LogP contribution in [0.15, 0.2) is 24.3 Å². The molecule has 4 nitrogen and oxygen atoms in total. The molecule has 0 atom stereocenters. The maximum atomic E-state index is 12.9. The Morgan fingerprint density at radius 1 is 1.21 bits per heavy atom. The molecule has 0 aromatic heterocycles. The molecule has 1 aliphatic heterocycles. The minimum atomic E-state index is -4.44. The number of hydrogen-bond acceptors (Lipinski definition) is 5. The predicted molar refractivity (Wildman–Crippen MR) is 109 cm³/mol. The van der Waals surface area contributed by atoms with E-state index in [1.54, 1.807) is 26.5 Å². The third kappa shape index (κ3) is 6.86. The normalized spacial score (nSPS) is 17.2. The molecular weight excluding hydrogens is 409 g/mol. The van der Waals surface area contributed by atoms with Crippen LogP contribution in [0.1, 0.15) is 30.4 Å². The van der Waals surface area contributed by atoms with Gasteiger partial charge in [0.25, 0.3) is 0 Å². The largest absolute Gasteiger partial charge is 0.416 e. The van der Waals surface area contributed by atoms with Gasteiger partial charge >= 0.3 is 6.18 Å². The molecule has 0 saturated carbocycles. The molecule has 158 valence electrons. The summed E-state index contributed by atoms with van der Waals surface area (Å²) in [6.45, 7) is 1.69. The maximum absolute atomic E-state index is 12.9. The number of benzene rings is 1. The monoisotopic (exact) mass is 436 g/mol. The number of nitrogens with zero attached hydrogens (tertiary/aromatic N) is 2. The van der Waals surface area contributed by atoms with Gasteiger partial charge in [-0.2, -0.15) is 13.2 Å². The third-order valence-electron chi connectivity index (χ3n) is 4.77. The van der Waals surface area contributed by atoms with Gasteiger partial charge in [-0.05, 0) is 44.6 Å². The van der Waals surface area contributed by atoms with Gasteiger partial charge in [-0.3, -0.25) is 4.79 Å². The summed E-state index contributed by atoms with van der Waals surface area (Å²) < 4.78 is 38.8. The van der Waals surface area contributed by atoms with E-state index in [0.717, 1.165) is 30.2 Å². The summed E-state index contributed by atoms with van der Waals surface area (Å²) in [6.07, 6.45) is -3.53. The topological polar surface area (TPSA) is 43.8 Å². The molecule has 1 N–H and O–H groups in total. The van der Waals surface area contributed by atoms with E-state index in [0.29, 0.717) is 19.5 Å². The molecule has 1 aromatic carbocycles. The zero-order valence-electron chi connectivity index (χ0n) is 16.2. The highest BCUT2D eigenvalue weighted by Crippen LogP contribution is 2.37. The summed E-state index contributed by atoms with van der Waals surface area (Å²) in [5, 5.41) is 10.8. The quantitative estimate of drug-likeness (QED) is 0.495. The first-order valence-corrected chi connectivity index (χ1v) is 11.7. The zero-order valence-corrected chi connectivity index (χ0v) is 17.8. The van der Waals surface area contributed by atoms with Crippen molar-refractivity contribution < 1.29 is 23.1 Å². The molecule has 1 aliphatic rings. The van der Waals surface area contributed by atoms with Crippen molar-refractivity contribution in [1.82, 2.24) is 9.80 Å². The van der Waals surface area contributed by atoms with Crippen molar-refractivity contribution in [3.05, 3.63) is 35.4 Å². The summed E-state index contributed by atoms with van der Waals surface area (Å²) in [6, 6.07) is 4.85. The highest BCUT2D eigenvalue weighted by atomic mass is 33.1. The summed E-state index contributed by atoms with van der Waals surface area (Å²) in [5.41, 5.74) is -1.82. The lowest BCUT2D eigenvalue weighted by Crippen LogP contribution is -2.45. The Hall–Kier alpha value is -0.900. The van der Waals surface area contributed by atoms with E-state index in [1.807, 2.05) is 14.1 Å². The van der Waals surface area contributed by atoms with Crippen molar-refractivity contribution in [1.29, 1.82) is 0 Å². The van der Waals surface area contributed by atoms with Crippen LogP contribution in [0.25, 0.3) is 0 Å². The fraction of sp³-hybridized carbons (Fsp3) is 0.632. The van der Waals surface area contributed by atoms with E-state index in [1.165, 1.54) is 12.1 Å².